The minimum absolute atomic E-state index is 0.0329. The van der Waals surface area contributed by atoms with Gasteiger partial charge < -0.3 is 9.84 Å². The van der Waals surface area contributed by atoms with Crippen LogP contribution in [0.2, 0.25) is 0 Å². The summed E-state index contributed by atoms with van der Waals surface area (Å²) in [5.41, 5.74) is 1.68. The number of benzene rings is 2. The minimum atomic E-state index is -0.703. The van der Waals surface area contributed by atoms with Crippen LogP contribution in [0.5, 0.6) is 5.75 Å². The number of phenolic OH excluding ortho intramolecular Hbond substituents is 1. The van der Waals surface area contributed by atoms with Crippen molar-refractivity contribution in [3.8, 4) is 5.75 Å². The Kier molecular flexibility index (Phi) is 3.83. The first-order chi connectivity index (χ1) is 11.4. The van der Waals surface area contributed by atoms with Crippen LogP contribution in [-0.2, 0) is 9.53 Å². The van der Waals surface area contributed by atoms with Crippen LogP contribution in [0, 0.1) is 17.0 Å². The first-order valence-electron chi connectivity index (χ1n) is 7.01. The van der Waals surface area contributed by atoms with Crippen molar-refractivity contribution >= 4 is 23.6 Å². The quantitative estimate of drug-likeness (QED) is 0.405. The van der Waals surface area contributed by atoms with Crippen LogP contribution in [0.4, 0.5) is 5.69 Å². The summed E-state index contributed by atoms with van der Waals surface area (Å²) in [6, 6.07) is 11.1. The van der Waals surface area contributed by atoms with Crippen molar-refractivity contribution in [2.45, 2.75) is 6.92 Å². The van der Waals surface area contributed by atoms with E-state index in [-0.39, 0.29) is 11.6 Å². The average Bonchev–Trinajstić information content (AvgIpc) is 2.90. The fourth-order valence-corrected chi connectivity index (χ4v) is 2.16. The Balaban J connectivity index is 1.95. The molecule has 24 heavy (non-hydrogen) atoms. The zero-order valence-corrected chi connectivity index (χ0v) is 12.6. The number of aromatic hydroxyl groups is 1. The Hall–Kier alpha value is -3.48. The number of cyclic esters (lactones) is 1. The van der Waals surface area contributed by atoms with Gasteiger partial charge in [-0.1, -0.05) is 23.8 Å². The van der Waals surface area contributed by atoms with E-state index in [1.807, 2.05) is 19.1 Å². The van der Waals surface area contributed by atoms with Crippen LogP contribution >= 0.6 is 0 Å². The highest BCUT2D eigenvalue weighted by molar-refractivity contribution is 6.12. The number of aliphatic imine (C=N–C) groups is 1. The van der Waals surface area contributed by atoms with E-state index in [9.17, 15) is 20.0 Å². The number of ether oxygens (including phenoxy) is 1. The summed E-state index contributed by atoms with van der Waals surface area (Å²) < 4.78 is 5.13. The van der Waals surface area contributed by atoms with Gasteiger partial charge in [0, 0.05) is 11.6 Å². The molecule has 0 aromatic heterocycles. The van der Waals surface area contributed by atoms with Crippen molar-refractivity contribution in [3.05, 3.63) is 75.0 Å². The number of aryl methyl sites for hydroxylation is 1. The third-order valence-electron chi connectivity index (χ3n) is 3.42. The third kappa shape index (κ3) is 3.00. The molecule has 7 nitrogen and oxygen atoms in total. The standard InChI is InChI=1S/C17H12N2O5/c1-10-2-5-12(6-3-10)16-18-13(17(21)24-16)8-11-4-7-15(20)14(9-11)19(22)23/h2-9,20H,1H3/b13-8-. The van der Waals surface area contributed by atoms with E-state index in [1.54, 1.807) is 12.1 Å². The highest BCUT2D eigenvalue weighted by Crippen LogP contribution is 2.28. The van der Waals surface area contributed by atoms with Gasteiger partial charge in [-0.25, -0.2) is 9.79 Å². The molecular formula is C17H12N2O5. The zero-order valence-electron chi connectivity index (χ0n) is 12.6. The van der Waals surface area contributed by atoms with Gasteiger partial charge in [0.25, 0.3) is 0 Å². The maximum absolute atomic E-state index is 11.9. The number of carbonyl (C=O) groups excluding carboxylic acids is 1. The van der Waals surface area contributed by atoms with Crippen LogP contribution in [0.1, 0.15) is 16.7 Å². The van der Waals surface area contributed by atoms with Gasteiger partial charge in [0.15, 0.2) is 11.4 Å². The molecule has 0 bridgehead atoms. The number of hydrogen-bond donors (Lipinski definition) is 1. The summed E-state index contributed by atoms with van der Waals surface area (Å²) in [6.07, 6.45) is 1.37. The summed E-state index contributed by atoms with van der Waals surface area (Å²) in [6.45, 7) is 1.94. The molecule has 0 radical (unpaired) electrons. The highest BCUT2D eigenvalue weighted by atomic mass is 16.6. The lowest BCUT2D eigenvalue weighted by Gasteiger charge is -1.99. The van der Waals surface area contributed by atoms with Crippen LogP contribution < -0.4 is 0 Å². The number of rotatable bonds is 3. The summed E-state index contributed by atoms with van der Waals surface area (Å²) in [5, 5.41) is 20.3. The van der Waals surface area contributed by atoms with Gasteiger partial charge in [-0.15, -0.1) is 0 Å². The fourth-order valence-electron chi connectivity index (χ4n) is 2.16. The van der Waals surface area contributed by atoms with Gasteiger partial charge in [0.2, 0.25) is 5.90 Å². The summed E-state index contributed by atoms with van der Waals surface area (Å²) in [5.74, 6) is -0.902. The number of nitrogens with zero attached hydrogens (tertiary/aromatic N) is 2. The van der Waals surface area contributed by atoms with Gasteiger partial charge in [0.1, 0.15) is 0 Å². The van der Waals surface area contributed by atoms with Crippen molar-refractivity contribution in [1.29, 1.82) is 0 Å². The molecule has 2 aromatic carbocycles. The monoisotopic (exact) mass is 324 g/mol. The molecule has 1 heterocycles. The van der Waals surface area contributed by atoms with E-state index in [1.165, 1.54) is 18.2 Å². The Bertz CT molecular complexity index is 898. The van der Waals surface area contributed by atoms with E-state index in [0.717, 1.165) is 11.6 Å². The molecule has 0 spiro atoms. The maximum Gasteiger partial charge on any atom is 0.363 e. The Morgan fingerprint density at radius 2 is 1.92 bits per heavy atom. The smallest absolute Gasteiger partial charge is 0.363 e. The molecular weight excluding hydrogens is 312 g/mol. The molecule has 0 atom stereocenters. The van der Waals surface area contributed by atoms with Crippen molar-refractivity contribution in [3.63, 3.8) is 0 Å². The molecule has 1 N–H and O–H groups in total. The van der Waals surface area contributed by atoms with Crippen LogP contribution in [0.3, 0.4) is 0 Å². The molecule has 7 heteroatoms. The van der Waals surface area contributed by atoms with Crippen molar-refractivity contribution < 1.29 is 19.6 Å². The lowest BCUT2D eigenvalue weighted by atomic mass is 10.1. The van der Waals surface area contributed by atoms with Gasteiger partial charge in [0.05, 0.1) is 4.92 Å². The molecule has 0 unspecified atom stereocenters. The van der Waals surface area contributed by atoms with E-state index >= 15 is 0 Å². The molecule has 0 saturated heterocycles. The molecule has 1 aliphatic heterocycles. The average molecular weight is 324 g/mol. The van der Waals surface area contributed by atoms with Gasteiger partial charge in [-0.2, -0.15) is 0 Å². The van der Waals surface area contributed by atoms with Gasteiger partial charge in [-0.3, -0.25) is 10.1 Å². The number of phenols is 1. The topological polar surface area (TPSA) is 102 Å². The summed E-state index contributed by atoms with van der Waals surface area (Å²) in [4.78, 5) is 26.2. The van der Waals surface area contributed by atoms with Crippen LogP contribution in [-0.4, -0.2) is 21.9 Å². The molecule has 3 rings (SSSR count). The van der Waals surface area contributed by atoms with Crippen molar-refractivity contribution in [1.82, 2.24) is 0 Å². The predicted octanol–water partition coefficient (Wildman–Crippen LogP) is 2.95. The molecule has 0 amide bonds. The van der Waals surface area contributed by atoms with E-state index < -0.39 is 22.3 Å². The molecule has 120 valence electrons. The largest absolute Gasteiger partial charge is 0.502 e. The summed E-state index contributed by atoms with van der Waals surface area (Å²) >= 11 is 0. The number of carbonyl (C=O) groups is 1. The lowest BCUT2D eigenvalue weighted by molar-refractivity contribution is -0.385. The van der Waals surface area contributed by atoms with E-state index in [0.29, 0.717) is 11.1 Å². The molecule has 0 saturated carbocycles. The van der Waals surface area contributed by atoms with Crippen molar-refractivity contribution in [2.24, 2.45) is 4.99 Å². The van der Waals surface area contributed by atoms with Gasteiger partial charge in [-0.05, 0) is 36.8 Å². The lowest BCUT2D eigenvalue weighted by Crippen LogP contribution is -2.05. The second kappa shape index (κ2) is 5.96. The summed E-state index contributed by atoms with van der Waals surface area (Å²) in [7, 11) is 0. The van der Waals surface area contributed by atoms with Gasteiger partial charge >= 0.3 is 11.7 Å². The highest BCUT2D eigenvalue weighted by Gasteiger charge is 2.24. The fraction of sp³-hybridized carbons (Fsp3) is 0.0588. The molecule has 2 aromatic rings. The number of nitro benzene ring substituents is 1. The van der Waals surface area contributed by atoms with E-state index in [4.69, 9.17) is 4.74 Å². The van der Waals surface area contributed by atoms with Crippen LogP contribution in [0.25, 0.3) is 6.08 Å². The normalized spacial score (nSPS) is 15.3. The second-order valence-corrected chi connectivity index (χ2v) is 5.21. The SMILES string of the molecule is Cc1ccc(C2=N/C(=C\c3ccc(O)c([N+](=O)[O-])c3)C(=O)O2)cc1. The van der Waals surface area contributed by atoms with Crippen molar-refractivity contribution in [2.75, 3.05) is 0 Å². The Morgan fingerprint density at radius 1 is 1.21 bits per heavy atom. The number of esters is 1. The first-order valence-corrected chi connectivity index (χ1v) is 7.01. The molecule has 0 fully saturated rings. The number of nitro groups is 1. The third-order valence-corrected chi connectivity index (χ3v) is 3.42. The van der Waals surface area contributed by atoms with E-state index in [2.05, 4.69) is 4.99 Å². The maximum atomic E-state index is 11.9. The molecule has 0 aliphatic carbocycles. The number of hydrogen-bond acceptors (Lipinski definition) is 6. The Labute approximate surface area is 136 Å². The zero-order chi connectivity index (χ0) is 17.3. The predicted molar refractivity (Wildman–Crippen MR) is 86.5 cm³/mol. The van der Waals surface area contributed by atoms with Crippen LogP contribution in [0.15, 0.2) is 53.2 Å². The second-order valence-electron chi connectivity index (χ2n) is 5.21. The minimum Gasteiger partial charge on any atom is -0.502 e. The first kappa shape index (κ1) is 15.4. The Morgan fingerprint density at radius 3 is 2.58 bits per heavy atom. The molecule has 1 aliphatic rings.